The van der Waals surface area contributed by atoms with E-state index in [1.165, 1.54) is 11.1 Å². The van der Waals surface area contributed by atoms with Crippen molar-refractivity contribution in [3.8, 4) is 0 Å². The van der Waals surface area contributed by atoms with E-state index in [0.717, 1.165) is 37.7 Å². The smallest absolute Gasteiger partial charge is 0.194 e. The molecule has 6 heteroatoms. The average Bonchev–Trinajstić information content (AvgIpc) is 3.03. The molecule has 1 saturated heterocycles. The van der Waals surface area contributed by atoms with Gasteiger partial charge < -0.3 is 14.8 Å². The Labute approximate surface area is 142 Å². The quantitative estimate of drug-likeness (QED) is 0.694. The van der Waals surface area contributed by atoms with E-state index in [-0.39, 0.29) is 0 Å². The largest absolute Gasteiger partial charge is 0.349 e. The molecule has 1 aliphatic rings. The van der Waals surface area contributed by atoms with Crippen molar-refractivity contribution >= 4 is 12.0 Å². The predicted molar refractivity (Wildman–Crippen MR) is 96.4 cm³/mol. The molecule has 126 valence electrons. The number of nitrogens with one attached hydrogen (secondary N) is 1. The summed E-state index contributed by atoms with van der Waals surface area (Å²) >= 11 is 0. The molecule has 0 saturated carbocycles. The Morgan fingerprint density at radius 2 is 2.00 bits per heavy atom. The van der Waals surface area contributed by atoms with Crippen LogP contribution in [0.3, 0.4) is 0 Å². The highest BCUT2D eigenvalue weighted by Gasteiger charge is 2.17. The number of rotatable bonds is 3. The number of hydrogen-bond acceptors (Lipinski definition) is 3. The minimum Gasteiger partial charge on any atom is -0.349 e. The topological polar surface area (TPSA) is 58.3 Å². The van der Waals surface area contributed by atoms with E-state index in [1.807, 2.05) is 18.7 Å². The Morgan fingerprint density at radius 3 is 2.62 bits per heavy atom. The molecular weight excluding hydrogens is 300 g/mol. The number of aryl methyl sites for hydroxylation is 1. The highest BCUT2D eigenvalue weighted by molar-refractivity contribution is 5.80. The van der Waals surface area contributed by atoms with Crippen molar-refractivity contribution in [2.75, 3.05) is 20.1 Å². The van der Waals surface area contributed by atoms with Crippen molar-refractivity contribution in [3.63, 3.8) is 0 Å². The number of benzene rings is 1. The normalized spacial score (nSPS) is 15.5. The van der Waals surface area contributed by atoms with Crippen LogP contribution in [0.4, 0.5) is 0 Å². The van der Waals surface area contributed by atoms with Crippen LogP contribution in [0.15, 0.2) is 47.2 Å². The van der Waals surface area contributed by atoms with Gasteiger partial charge in [-0.2, -0.15) is 0 Å². The Bertz CT molecular complexity index is 706. The van der Waals surface area contributed by atoms with E-state index in [1.54, 1.807) is 6.33 Å². The summed E-state index contributed by atoms with van der Waals surface area (Å²) in [5.74, 6) is 1.83. The number of aliphatic imine (C=N–C) groups is 1. The summed E-state index contributed by atoms with van der Waals surface area (Å²) < 4.78 is 1.91. The number of piperidine rings is 1. The van der Waals surface area contributed by atoms with Crippen molar-refractivity contribution in [1.82, 2.24) is 25.0 Å². The summed E-state index contributed by atoms with van der Waals surface area (Å²) in [6, 6.07) is 10.5. The van der Waals surface area contributed by atoms with Gasteiger partial charge in [0, 0.05) is 27.2 Å². The zero-order chi connectivity index (χ0) is 16.8. The van der Waals surface area contributed by atoms with E-state index in [2.05, 4.69) is 61.8 Å². The van der Waals surface area contributed by atoms with Crippen LogP contribution >= 0.6 is 0 Å². The first-order chi connectivity index (χ1) is 11.8. The molecule has 1 fully saturated rings. The molecule has 1 aliphatic heterocycles. The second-order valence-electron chi connectivity index (χ2n) is 5.96. The van der Waals surface area contributed by atoms with E-state index in [0.29, 0.717) is 6.54 Å². The summed E-state index contributed by atoms with van der Waals surface area (Å²) in [5.41, 5.74) is 2.78. The van der Waals surface area contributed by atoms with Crippen molar-refractivity contribution < 1.29 is 0 Å². The molecule has 1 aromatic heterocycles. The number of hydrogen-bond donors (Lipinski definition) is 1. The minimum atomic E-state index is 0.631. The Kier molecular flexibility index (Phi) is 5.25. The lowest BCUT2D eigenvalue weighted by atomic mass is 10.0. The molecule has 0 amide bonds. The molecule has 1 N–H and O–H groups in total. The average molecular weight is 324 g/mol. The molecule has 2 aromatic rings. The van der Waals surface area contributed by atoms with Gasteiger partial charge in [0.2, 0.25) is 0 Å². The van der Waals surface area contributed by atoms with Gasteiger partial charge in [-0.1, -0.05) is 42.0 Å². The summed E-state index contributed by atoms with van der Waals surface area (Å²) in [5, 5.41) is 11.4. The van der Waals surface area contributed by atoms with Crippen molar-refractivity contribution in [1.29, 1.82) is 0 Å². The first kappa shape index (κ1) is 16.2. The fraction of sp³-hybridized carbons (Fsp3) is 0.389. The Morgan fingerprint density at radius 1 is 1.25 bits per heavy atom. The Balaban J connectivity index is 1.55. The molecule has 3 rings (SSSR count). The van der Waals surface area contributed by atoms with Crippen LogP contribution in [-0.4, -0.2) is 45.8 Å². The van der Waals surface area contributed by atoms with Crippen molar-refractivity contribution in [2.24, 2.45) is 12.0 Å². The molecule has 0 bridgehead atoms. The van der Waals surface area contributed by atoms with Crippen LogP contribution < -0.4 is 5.32 Å². The molecule has 0 aliphatic carbocycles. The summed E-state index contributed by atoms with van der Waals surface area (Å²) in [6.45, 7) is 2.60. The van der Waals surface area contributed by atoms with E-state index in [9.17, 15) is 0 Å². The second-order valence-corrected chi connectivity index (χ2v) is 5.96. The SMILES string of the molecule is CN=C(NCc1nncn1C)N1CCC(=Cc2ccccc2)CC1. The van der Waals surface area contributed by atoms with E-state index < -0.39 is 0 Å². The van der Waals surface area contributed by atoms with Crippen molar-refractivity contribution in [3.05, 3.63) is 53.6 Å². The summed E-state index contributed by atoms with van der Waals surface area (Å²) in [4.78, 5) is 6.71. The van der Waals surface area contributed by atoms with Crippen LogP contribution in [0.1, 0.15) is 24.2 Å². The van der Waals surface area contributed by atoms with Crippen LogP contribution in [-0.2, 0) is 13.6 Å². The number of guanidine groups is 1. The zero-order valence-corrected chi connectivity index (χ0v) is 14.3. The van der Waals surface area contributed by atoms with Crippen LogP contribution in [0, 0.1) is 0 Å². The lowest BCUT2D eigenvalue weighted by Gasteiger charge is -2.31. The van der Waals surface area contributed by atoms with Gasteiger partial charge in [-0.05, 0) is 18.4 Å². The molecule has 0 spiro atoms. The molecule has 24 heavy (non-hydrogen) atoms. The third kappa shape index (κ3) is 4.01. The number of nitrogens with zero attached hydrogens (tertiary/aromatic N) is 5. The zero-order valence-electron chi connectivity index (χ0n) is 14.3. The van der Waals surface area contributed by atoms with Gasteiger partial charge in [0.1, 0.15) is 6.33 Å². The number of likely N-dealkylation sites (tertiary alicyclic amines) is 1. The predicted octanol–water partition coefficient (Wildman–Crippen LogP) is 2.07. The fourth-order valence-corrected chi connectivity index (χ4v) is 2.89. The lowest BCUT2D eigenvalue weighted by molar-refractivity contribution is 0.374. The van der Waals surface area contributed by atoms with Gasteiger partial charge in [-0.15, -0.1) is 10.2 Å². The first-order valence-electron chi connectivity index (χ1n) is 8.29. The van der Waals surface area contributed by atoms with Gasteiger partial charge >= 0.3 is 0 Å². The molecule has 0 atom stereocenters. The van der Waals surface area contributed by atoms with Gasteiger partial charge in [0.05, 0.1) is 6.54 Å². The lowest BCUT2D eigenvalue weighted by Crippen LogP contribution is -2.44. The number of aromatic nitrogens is 3. The van der Waals surface area contributed by atoms with E-state index in [4.69, 9.17) is 0 Å². The van der Waals surface area contributed by atoms with E-state index >= 15 is 0 Å². The van der Waals surface area contributed by atoms with Crippen LogP contribution in [0.25, 0.3) is 6.08 Å². The maximum atomic E-state index is 4.40. The summed E-state index contributed by atoms with van der Waals surface area (Å²) in [7, 11) is 3.77. The van der Waals surface area contributed by atoms with Crippen LogP contribution in [0.5, 0.6) is 0 Å². The van der Waals surface area contributed by atoms with Gasteiger partial charge in [-0.25, -0.2) is 0 Å². The molecule has 1 aromatic carbocycles. The van der Waals surface area contributed by atoms with Crippen LogP contribution in [0.2, 0.25) is 0 Å². The molecule has 0 radical (unpaired) electrons. The second kappa shape index (κ2) is 7.77. The molecular formula is C18H24N6. The third-order valence-electron chi connectivity index (χ3n) is 4.30. The summed E-state index contributed by atoms with van der Waals surface area (Å²) in [6.07, 6.45) is 6.16. The standard InChI is InChI=1S/C18H24N6/c1-19-18(20-13-17-22-21-14-23(17)2)24-10-8-16(9-11-24)12-15-6-4-3-5-7-15/h3-7,12,14H,8-11,13H2,1-2H3,(H,19,20). The van der Waals surface area contributed by atoms with Gasteiger partial charge in [-0.3, -0.25) is 4.99 Å². The van der Waals surface area contributed by atoms with Crippen molar-refractivity contribution in [2.45, 2.75) is 19.4 Å². The molecule has 6 nitrogen and oxygen atoms in total. The first-order valence-corrected chi connectivity index (χ1v) is 8.29. The third-order valence-corrected chi connectivity index (χ3v) is 4.30. The molecule has 2 heterocycles. The minimum absolute atomic E-state index is 0.631. The monoisotopic (exact) mass is 324 g/mol. The highest BCUT2D eigenvalue weighted by Crippen LogP contribution is 2.19. The highest BCUT2D eigenvalue weighted by atomic mass is 15.3. The maximum Gasteiger partial charge on any atom is 0.194 e. The fourth-order valence-electron chi connectivity index (χ4n) is 2.89. The molecule has 0 unspecified atom stereocenters. The Hall–Kier alpha value is -2.63. The maximum absolute atomic E-state index is 4.40. The van der Waals surface area contributed by atoms with Gasteiger partial charge in [0.25, 0.3) is 0 Å². The van der Waals surface area contributed by atoms with Gasteiger partial charge in [0.15, 0.2) is 11.8 Å².